The Bertz CT molecular complexity index is 2090. The summed E-state index contributed by atoms with van der Waals surface area (Å²) in [5.41, 5.74) is 5.54. The quantitative estimate of drug-likeness (QED) is 0.213. The molecule has 0 saturated carbocycles. The lowest BCUT2D eigenvalue weighted by atomic mass is 9.92. The Labute approximate surface area is 308 Å². The summed E-state index contributed by atoms with van der Waals surface area (Å²) in [6.45, 7) is 5.73. The van der Waals surface area contributed by atoms with Gasteiger partial charge in [-0.05, 0) is 66.9 Å². The summed E-state index contributed by atoms with van der Waals surface area (Å²) in [6, 6.07) is 18.9. The lowest BCUT2D eigenvalue weighted by molar-refractivity contribution is 0.0193. The first-order chi connectivity index (χ1) is 24.6. The predicted molar refractivity (Wildman–Crippen MR) is 198 cm³/mol. The molecular formula is C39H42ClFN6O5. The van der Waals surface area contributed by atoms with E-state index in [1.54, 1.807) is 48.4 Å². The Morgan fingerprint density at radius 2 is 1.71 bits per heavy atom. The van der Waals surface area contributed by atoms with Crippen LogP contribution in [0.5, 0.6) is 11.5 Å². The summed E-state index contributed by atoms with van der Waals surface area (Å²) in [5, 5.41) is 14.2. The Hall–Kier alpha value is -5.17. The fourth-order valence-electron chi connectivity index (χ4n) is 7.13. The van der Waals surface area contributed by atoms with Gasteiger partial charge in [-0.15, -0.1) is 12.4 Å². The van der Waals surface area contributed by atoms with Crippen LogP contribution in [0.25, 0.3) is 11.3 Å². The first-order valence-electron chi connectivity index (χ1n) is 17.0. The number of nitrogens with zero attached hydrogens (tertiary/aromatic N) is 6. The Balaban J connectivity index is 0.00000464. The summed E-state index contributed by atoms with van der Waals surface area (Å²) in [7, 11) is 4.97. The van der Waals surface area contributed by atoms with E-state index < -0.39 is 5.82 Å². The van der Waals surface area contributed by atoms with Gasteiger partial charge in [-0.2, -0.15) is 5.10 Å². The molecule has 0 aliphatic carbocycles. The fraction of sp³-hybridized carbons (Fsp3) is 0.308. The Kier molecular flexibility index (Phi) is 10.7. The van der Waals surface area contributed by atoms with Crippen molar-refractivity contribution in [3.8, 4) is 22.8 Å². The number of phenolic OH excluding ortho intramolecular Hbond substituents is 1. The van der Waals surface area contributed by atoms with Crippen LogP contribution in [0, 0.1) is 12.7 Å². The van der Waals surface area contributed by atoms with Crippen LogP contribution in [0.1, 0.15) is 37.5 Å². The van der Waals surface area contributed by atoms with Gasteiger partial charge >= 0.3 is 0 Å². The molecule has 0 bridgehead atoms. The van der Waals surface area contributed by atoms with Gasteiger partial charge in [0, 0.05) is 75.2 Å². The molecule has 7 rings (SSSR count). The van der Waals surface area contributed by atoms with E-state index in [0.29, 0.717) is 66.6 Å². The summed E-state index contributed by atoms with van der Waals surface area (Å²) >= 11 is 0. The van der Waals surface area contributed by atoms with Gasteiger partial charge in [0.2, 0.25) is 0 Å². The van der Waals surface area contributed by atoms with Crippen molar-refractivity contribution in [3.05, 3.63) is 113 Å². The van der Waals surface area contributed by atoms with Crippen LogP contribution in [0.4, 0.5) is 15.8 Å². The number of hydrogen-bond donors (Lipinski definition) is 1. The minimum Gasteiger partial charge on any atom is -0.508 e. The molecule has 52 heavy (non-hydrogen) atoms. The minimum atomic E-state index is -0.649. The molecule has 13 heteroatoms. The van der Waals surface area contributed by atoms with Crippen molar-refractivity contribution in [2.75, 3.05) is 44.9 Å². The van der Waals surface area contributed by atoms with E-state index in [2.05, 4.69) is 16.1 Å². The third-order valence-electron chi connectivity index (χ3n) is 10.0. The molecule has 0 radical (unpaired) electrons. The molecule has 2 amide bonds. The maximum atomic E-state index is 15.6. The van der Waals surface area contributed by atoms with Gasteiger partial charge < -0.3 is 24.0 Å². The number of aromatic hydroxyl groups is 1. The van der Waals surface area contributed by atoms with Crippen molar-refractivity contribution >= 4 is 35.6 Å². The molecule has 1 fully saturated rings. The second-order valence-electron chi connectivity index (χ2n) is 13.1. The van der Waals surface area contributed by atoms with Gasteiger partial charge in [0.05, 0.1) is 43.3 Å². The number of anilines is 2. The van der Waals surface area contributed by atoms with Crippen LogP contribution < -0.4 is 9.64 Å². The van der Waals surface area contributed by atoms with Crippen molar-refractivity contribution in [1.29, 1.82) is 0 Å². The van der Waals surface area contributed by atoms with Crippen LogP contribution in [-0.4, -0.2) is 87.1 Å². The van der Waals surface area contributed by atoms with E-state index in [1.807, 2.05) is 41.6 Å². The molecule has 1 N–H and O–H groups in total. The number of aryl methyl sites for hydroxylation is 1. The maximum Gasteiger partial charge on any atom is 0.264 e. The lowest BCUT2D eigenvalue weighted by Gasteiger charge is -2.40. The average Bonchev–Trinajstić information content (AvgIpc) is 3.70. The van der Waals surface area contributed by atoms with Crippen molar-refractivity contribution in [1.82, 2.24) is 24.1 Å². The van der Waals surface area contributed by atoms with Crippen molar-refractivity contribution in [2.24, 2.45) is 14.1 Å². The average molecular weight is 729 g/mol. The lowest BCUT2D eigenvalue weighted by Crippen LogP contribution is -2.52. The number of methoxy groups -OCH3 is 1. The van der Waals surface area contributed by atoms with Crippen LogP contribution in [0.3, 0.4) is 0 Å². The number of aromatic nitrogens is 3. The Morgan fingerprint density at radius 3 is 2.38 bits per heavy atom. The normalized spacial score (nSPS) is 15.9. The van der Waals surface area contributed by atoms with Gasteiger partial charge in [0.1, 0.15) is 5.75 Å². The molecule has 0 unspecified atom stereocenters. The molecule has 11 nitrogen and oxygen atoms in total. The number of carbonyl (C=O) groups excluding carboxylic acids is 2. The fourth-order valence-corrected chi connectivity index (χ4v) is 7.13. The van der Waals surface area contributed by atoms with Gasteiger partial charge in [-0.3, -0.25) is 24.1 Å². The second kappa shape index (κ2) is 15.2. The topological polar surface area (TPSA) is 105 Å². The van der Waals surface area contributed by atoms with E-state index >= 15 is 4.39 Å². The highest BCUT2D eigenvalue weighted by atomic mass is 35.5. The summed E-state index contributed by atoms with van der Waals surface area (Å²) < 4.78 is 30.0. The number of rotatable bonds is 8. The molecule has 4 heterocycles. The molecule has 272 valence electrons. The first-order valence-corrected chi connectivity index (χ1v) is 17.0. The number of carbonyl (C=O) groups is 2. The highest BCUT2D eigenvalue weighted by Gasteiger charge is 2.35. The number of hydrogen-bond acceptors (Lipinski definition) is 7. The van der Waals surface area contributed by atoms with Crippen molar-refractivity contribution in [3.63, 3.8) is 0 Å². The maximum absolute atomic E-state index is 15.6. The predicted octanol–water partition coefficient (Wildman–Crippen LogP) is 5.89. The standard InChI is InChI=1S/C39H41FN6O5.ClH/c1-25-32(39(49)46(30-21-41-42(2)23-30)28-9-11-31(47)12-10-28)19-36(43(25)3)33-20-37(50-4)35(40)18-34(33)38(48)45-22-27-8-6-5-7-26(27)17-29(45)24-44-13-15-51-16-14-44;/h5-12,18-21,23,29,47H,13-17,22,24H2,1-4H3;1H/t29-;/m0./s1. The number of ether oxygens (including phenoxy) is 2. The molecule has 2 aliphatic heterocycles. The van der Waals surface area contributed by atoms with Crippen LogP contribution >= 0.6 is 12.4 Å². The van der Waals surface area contributed by atoms with E-state index in [1.165, 1.54) is 35.8 Å². The van der Waals surface area contributed by atoms with E-state index in [0.717, 1.165) is 18.7 Å². The van der Waals surface area contributed by atoms with Crippen molar-refractivity contribution in [2.45, 2.75) is 25.9 Å². The zero-order valence-electron chi connectivity index (χ0n) is 29.6. The van der Waals surface area contributed by atoms with E-state index in [-0.39, 0.29) is 47.3 Å². The van der Waals surface area contributed by atoms with Crippen LogP contribution in [0.2, 0.25) is 0 Å². The molecule has 2 aliphatic rings. The number of amides is 2. The zero-order chi connectivity index (χ0) is 35.8. The third kappa shape index (κ3) is 7.01. The number of halogens is 2. The van der Waals surface area contributed by atoms with Gasteiger partial charge in [-0.1, -0.05) is 24.3 Å². The highest BCUT2D eigenvalue weighted by Crippen LogP contribution is 2.37. The third-order valence-corrected chi connectivity index (χ3v) is 10.0. The number of morpholine rings is 1. The first kappa shape index (κ1) is 36.6. The van der Waals surface area contributed by atoms with Crippen LogP contribution in [0.15, 0.2) is 79.1 Å². The summed E-state index contributed by atoms with van der Waals surface area (Å²) in [6.07, 6.45) is 4.00. The zero-order valence-corrected chi connectivity index (χ0v) is 30.4. The highest BCUT2D eigenvalue weighted by molar-refractivity contribution is 6.12. The second-order valence-corrected chi connectivity index (χ2v) is 13.1. The van der Waals surface area contributed by atoms with Gasteiger partial charge in [0.25, 0.3) is 11.8 Å². The Morgan fingerprint density at radius 1 is 1.00 bits per heavy atom. The smallest absolute Gasteiger partial charge is 0.264 e. The van der Waals surface area contributed by atoms with E-state index in [4.69, 9.17) is 9.47 Å². The number of fused-ring (bicyclic) bond motifs is 1. The monoisotopic (exact) mass is 728 g/mol. The summed E-state index contributed by atoms with van der Waals surface area (Å²) in [4.78, 5) is 35.0. The van der Waals surface area contributed by atoms with Crippen molar-refractivity contribution < 1.29 is 28.6 Å². The molecule has 1 saturated heterocycles. The minimum absolute atomic E-state index is 0. The largest absolute Gasteiger partial charge is 0.508 e. The molecule has 3 aromatic carbocycles. The van der Waals surface area contributed by atoms with Gasteiger partial charge in [0.15, 0.2) is 11.6 Å². The molecule has 0 spiro atoms. The molecular weight excluding hydrogens is 687 g/mol. The van der Waals surface area contributed by atoms with E-state index in [9.17, 15) is 14.7 Å². The SMILES string of the molecule is COc1cc(-c2cc(C(=O)N(c3ccc(O)cc3)c3cnn(C)c3)c(C)n2C)c(C(=O)N2Cc3ccccc3C[C@H]2CN2CCOCC2)cc1F.Cl. The molecule has 1 atom stereocenters. The molecule has 5 aromatic rings. The number of benzene rings is 3. The van der Waals surface area contributed by atoms with Crippen LogP contribution in [-0.2, 0) is 31.8 Å². The number of phenols is 1. The summed E-state index contributed by atoms with van der Waals surface area (Å²) in [5.74, 6) is -1.23. The van der Waals surface area contributed by atoms with Gasteiger partial charge in [-0.25, -0.2) is 4.39 Å². The molecule has 2 aromatic heterocycles.